The van der Waals surface area contributed by atoms with Crippen molar-refractivity contribution < 1.29 is 24.2 Å². The van der Waals surface area contributed by atoms with Crippen molar-refractivity contribution in [2.45, 2.75) is 19.9 Å². The number of ether oxygens (including phenoxy) is 2. The number of hydrogen-bond donors (Lipinski definition) is 3. The summed E-state index contributed by atoms with van der Waals surface area (Å²) < 4.78 is 10.2. The number of benzene rings is 1. The molecule has 0 fully saturated rings. The summed E-state index contributed by atoms with van der Waals surface area (Å²) in [6.07, 6.45) is 1.10. The molecule has 0 saturated heterocycles. The average molecular weight is 347 g/mol. The van der Waals surface area contributed by atoms with Gasteiger partial charge >= 0.3 is 5.97 Å². The van der Waals surface area contributed by atoms with Crippen LogP contribution in [0, 0.1) is 17.2 Å². The molecule has 1 aromatic rings. The zero-order valence-corrected chi connectivity index (χ0v) is 14.5. The van der Waals surface area contributed by atoms with E-state index in [4.69, 9.17) is 19.8 Å². The Morgan fingerprint density at radius 3 is 2.44 bits per heavy atom. The van der Waals surface area contributed by atoms with Gasteiger partial charge in [-0.15, -0.1) is 0 Å². The molecular formula is C17H21N3O5. The number of nitrogens with one attached hydrogen (secondary N) is 2. The highest BCUT2D eigenvalue weighted by Gasteiger charge is 2.21. The summed E-state index contributed by atoms with van der Waals surface area (Å²) in [7, 11) is 2.93. The van der Waals surface area contributed by atoms with E-state index in [2.05, 4.69) is 10.6 Å². The minimum Gasteiger partial charge on any atom is -0.497 e. The lowest BCUT2D eigenvalue weighted by atomic mass is 10.1. The van der Waals surface area contributed by atoms with Crippen LogP contribution in [0.5, 0.6) is 11.5 Å². The van der Waals surface area contributed by atoms with Crippen molar-refractivity contribution in [1.29, 1.82) is 5.26 Å². The molecule has 0 spiro atoms. The van der Waals surface area contributed by atoms with E-state index in [1.165, 1.54) is 14.2 Å². The molecule has 3 N–H and O–H groups in total. The van der Waals surface area contributed by atoms with E-state index in [0.29, 0.717) is 17.2 Å². The van der Waals surface area contributed by atoms with Gasteiger partial charge in [0.25, 0.3) is 5.91 Å². The maximum Gasteiger partial charge on any atom is 0.326 e. The van der Waals surface area contributed by atoms with Crippen LogP contribution in [0.2, 0.25) is 0 Å². The molecular weight excluding hydrogens is 326 g/mol. The lowest BCUT2D eigenvalue weighted by Gasteiger charge is -2.16. The molecule has 0 bridgehead atoms. The zero-order valence-electron chi connectivity index (χ0n) is 14.5. The molecule has 25 heavy (non-hydrogen) atoms. The molecule has 1 atom stereocenters. The summed E-state index contributed by atoms with van der Waals surface area (Å²) in [6, 6.07) is 5.65. The number of anilines is 1. The summed E-state index contributed by atoms with van der Waals surface area (Å²) in [4.78, 5) is 23.4. The molecule has 0 aromatic heterocycles. The molecule has 0 aliphatic heterocycles. The van der Waals surface area contributed by atoms with Crippen molar-refractivity contribution in [1.82, 2.24) is 5.32 Å². The third-order valence-corrected chi connectivity index (χ3v) is 3.36. The first-order valence-electron chi connectivity index (χ1n) is 7.46. The molecule has 1 aromatic carbocycles. The maximum absolute atomic E-state index is 12.3. The topological polar surface area (TPSA) is 121 Å². The standard InChI is InChI=1S/C17H21N3O5/c1-10(2)15(17(22)23)19-9-11(8-18)16(21)20-13-7-12(24-3)5-6-14(13)25-4/h5-7,9-10,15,19H,1-4H3,(H,20,21)(H,22,23)/b11-9-. The number of carboxylic acids is 1. The first kappa shape index (κ1) is 19.8. The lowest BCUT2D eigenvalue weighted by Crippen LogP contribution is -2.38. The van der Waals surface area contributed by atoms with Gasteiger partial charge in [0.2, 0.25) is 0 Å². The Morgan fingerprint density at radius 1 is 1.28 bits per heavy atom. The van der Waals surface area contributed by atoms with E-state index in [-0.39, 0.29) is 11.5 Å². The predicted octanol–water partition coefficient (Wildman–Crippen LogP) is 1.75. The molecule has 0 saturated carbocycles. The molecule has 0 aliphatic carbocycles. The van der Waals surface area contributed by atoms with E-state index in [0.717, 1.165) is 6.20 Å². The third kappa shape index (κ3) is 5.42. The Bertz CT molecular complexity index is 707. The van der Waals surface area contributed by atoms with E-state index in [9.17, 15) is 9.59 Å². The minimum absolute atomic E-state index is 0.227. The first-order chi connectivity index (χ1) is 11.8. The van der Waals surface area contributed by atoms with Crippen LogP contribution >= 0.6 is 0 Å². The third-order valence-electron chi connectivity index (χ3n) is 3.36. The highest BCUT2D eigenvalue weighted by atomic mass is 16.5. The second kappa shape index (κ2) is 9.17. The molecule has 1 amide bonds. The van der Waals surface area contributed by atoms with Crippen LogP contribution in [0.15, 0.2) is 30.0 Å². The number of carbonyl (C=O) groups excluding carboxylic acids is 1. The SMILES string of the molecule is COc1ccc(OC)c(NC(=O)/C(C#N)=C\NC(C(=O)O)C(C)C)c1. The van der Waals surface area contributed by atoms with Crippen molar-refractivity contribution in [2.75, 3.05) is 19.5 Å². The number of rotatable bonds is 8. The van der Waals surface area contributed by atoms with Crippen LogP contribution in [0.4, 0.5) is 5.69 Å². The first-order valence-corrected chi connectivity index (χ1v) is 7.46. The molecule has 0 heterocycles. The fourth-order valence-corrected chi connectivity index (χ4v) is 1.97. The van der Waals surface area contributed by atoms with Gasteiger partial charge in [0.1, 0.15) is 29.2 Å². The summed E-state index contributed by atoms with van der Waals surface area (Å²) in [6.45, 7) is 3.43. The van der Waals surface area contributed by atoms with Crippen LogP contribution in [0.1, 0.15) is 13.8 Å². The van der Waals surface area contributed by atoms with E-state index in [1.807, 2.05) is 0 Å². The number of amides is 1. The van der Waals surface area contributed by atoms with Gasteiger partial charge in [-0.05, 0) is 18.1 Å². The molecule has 0 radical (unpaired) electrons. The molecule has 0 aliphatic rings. The van der Waals surface area contributed by atoms with Gasteiger partial charge in [-0.2, -0.15) is 5.26 Å². The molecule has 8 heteroatoms. The van der Waals surface area contributed by atoms with Gasteiger partial charge in [0, 0.05) is 12.3 Å². The van der Waals surface area contributed by atoms with Crippen LogP contribution in [-0.4, -0.2) is 37.2 Å². The fourth-order valence-electron chi connectivity index (χ4n) is 1.97. The van der Waals surface area contributed by atoms with E-state index in [1.54, 1.807) is 38.1 Å². The van der Waals surface area contributed by atoms with Crippen molar-refractivity contribution in [3.8, 4) is 17.6 Å². The Labute approximate surface area is 146 Å². The minimum atomic E-state index is -1.07. The van der Waals surface area contributed by atoms with Crippen LogP contribution in [-0.2, 0) is 9.59 Å². The monoisotopic (exact) mass is 347 g/mol. The van der Waals surface area contributed by atoms with Gasteiger partial charge < -0.3 is 25.2 Å². The molecule has 8 nitrogen and oxygen atoms in total. The lowest BCUT2D eigenvalue weighted by molar-refractivity contribution is -0.140. The summed E-state index contributed by atoms with van der Waals surface area (Å²) in [5, 5.41) is 23.4. The number of hydrogen-bond acceptors (Lipinski definition) is 6. The number of nitriles is 1. The normalized spacial score (nSPS) is 12.1. The molecule has 134 valence electrons. The van der Waals surface area contributed by atoms with Crippen LogP contribution < -0.4 is 20.1 Å². The number of nitrogens with zero attached hydrogens (tertiary/aromatic N) is 1. The Balaban J connectivity index is 2.99. The van der Waals surface area contributed by atoms with Gasteiger partial charge in [-0.3, -0.25) is 4.79 Å². The Hall–Kier alpha value is -3.21. The number of aliphatic carboxylic acids is 1. The van der Waals surface area contributed by atoms with Crippen molar-refractivity contribution >= 4 is 17.6 Å². The van der Waals surface area contributed by atoms with Crippen molar-refractivity contribution in [3.63, 3.8) is 0 Å². The fraction of sp³-hybridized carbons (Fsp3) is 0.353. The van der Waals surface area contributed by atoms with E-state index >= 15 is 0 Å². The van der Waals surface area contributed by atoms with Crippen molar-refractivity contribution in [3.05, 3.63) is 30.0 Å². The highest BCUT2D eigenvalue weighted by Crippen LogP contribution is 2.29. The number of methoxy groups -OCH3 is 2. The number of carboxylic acid groups (broad SMARTS) is 1. The molecule has 1 rings (SSSR count). The van der Waals surface area contributed by atoms with Crippen LogP contribution in [0.3, 0.4) is 0 Å². The van der Waals surface area contributed by atoms with Gasteiger partial charge in [-0.25, -0.2) is 4.79 Å². The second-order valence-corrected chi connectivity index (χ2v) is 5.42. The largest absolute Gasteiger partial charge is 0.497 e. The Morgan fingerprint density at radius 2 is 1.96 bits per heavy atom. The predicted molar refractivity (Wildman–Crippen MR) is 91.3 cm³/mol. The average Bonchev–Trinajstić information content (AvgIpc) is 2.57. The van der Waals surface area contributed by atoms with E-state index < -0.39 is 17.9 Å². The molecule has 1 unspecified atom stereocenters. The summed E-state index contributed by atoms with van der Waals surface area (Å²) in [5.74, 6) is -1.10. The van der Waals surface area contributed by atoms with Gasteiger partial charge in [0.05, 0.1) is 19.9 Å². The van der Waals surface area contributed by atoms with Gasteiger partial charge in [0.15, 0.2) is 0 Å². The highest BCUT2D eigenvalue weighted by molar-refractivity contribution is 6.07. The number of carbonyl (C=O) groups is 2. The quantitative estimate of drug-likeness (QED) is 0.484. The van der Waals surface area contributed by atoms with Crippen molar-refractivity contribution in [2.24, 2.45) is 5.92 Å². The second-order valence-electron chi connectivity index (χ2n) is 5.42. The smallest absolute Gasteiger partial charge is 0.326 e. The summed E-state index contributed by atoms with van der Waals surface area (Å²) >= 11 is 0. The maximum atomic E-state index is 12.3. The Kier molecular flexibility index (Phi) is 7.28. The zero-order chi connectivity index (χ0) is 19.0. The summed E-state index contributed by atoms with van der Waals surface area (Å²) in [5.41, 5.74) is 0.0587. The van der Waals surface area contributed by atoms with Gasteiger partial charge in [-0.1, -0.05) is 13.8 Å². The van der Waals surface area contributed by atoms with Crippen LogP contribution in [0.25, 0.3) is 0 Å².